The van der Waals surface area contributed by atoms with Gasteiger partial charge in [0.15, 0.2) is 0 Å². The van der Waals surface area contributed by atoms with Gasteiger partial charge in [0.05, 0.1) is 35.5 Å². The zero-order valence-corrected chi connectivity index (χ0v) is 15.1. The van der Waals surface area contributed by atoms with E-state index in [0.717, 1.165) is 25.1 Å². The van der Waals surface area contributed by atoms with Crippen LogP contribution in [0.5, 0.6) is 0 Å². The maximum absolute atomic E-state index is 13.2. The minimum atomic E-state index is -0.462. The van der Waals surface area contributed by atoms with E-state index >= 15 is 0 Å². The Bertz CT molecular complexity index is 654. The Morgan fingerprint density at radius 3 is 2.73 bits per heavy atom. The number of carbonyl (C=O) groups excluding carboxylic acids is 1. The van der Waals surface area contributed by atoms with Crippen LogP contribution in [0.2, 0.25) is 0 Å². The Morgan fingerprint density at radius 2 is 2.12 bits per heavy atom. The van der Waals surface area contributed by atoms with Crippen LogP contribution in [0.4, 0.5) is 11.4 Å². The van der Waals surface area contributed by atoms with Gasteiger partial charge in [-0.1, -0.05) is 0 Å². The lowest BCUT2D eigenvalue weighted by atomic mass is 10.1. The summed E-state index contributed by atoms with van der Waals surface area (Å²) in [6.45, 7) is 6.18. The molecule has 8 nitrogen and oxygen atoms in total. The van der Waals surface area contributed by atoms with Gasteiger partial charge in [0.1, 0.15) is 0 Å². The number of rotatable bonds is 6. The highest BCUT2D eigenvalue weighted by atomic mass is 16.6. The Kier molecular flexibility index (Phi) is 6.05. The van der Waals surface area contributed by atoms with E-state index in [1.165, 1.54) is 12.1 Å². The van der Waals surface area contributed by atoms with Crippen LogP contribution in [-0.4, -0.2) is 67.8 Å². The first-order valence-electron chi connectivity index (χ1n) is 9.12. The molecule has 2 fully saturated rings. The van der Waals surface area contributed by atoms with E-state index in [1.54, 1.807) is 11.0 Å². The molecule has 1 aromatic rings. The average Bonchev–Trinajstić information content (AvgIpc) is 3.19. The first kappa shape index (κ1) is 18.6. The van der Waals surface area contributed by atoms with E-state index in [-0.39, 0.29) is 17.7 Å². The molecule has 0 radical (unpaired) electrons. The van der Waals surface area contributed by atoms with Crippen molar-refractivity contribution in [3.8, 4) is 0 Å². The fraction of sp³-hybridized carbons (Fsp3) is 0.611. The predicted octanol–water partition coefficient (Wildman–Crippen LogP) is 2.07. The Hall–Kier alpha value is -2.19. The first-order chi connectivity index (χ1) is 12.6. The van der Waals surface area contributed by atoms with Crippen LogP contribution in [0.3, 0.4) is 0 Å². The number of benzene rings is 1. The highest BCUT2D eigenvalue weighted by Crippen LogP contribution is 2.28. The molecule has 1 atom stereocenters. The summed E-state index contributed by atoms with van der Waals surface area (Å²) < 4.78 is 11.0. The molecule has 2 saturated heterocycles. The number of nitro benzene ring substituents is 1. The maximum atomic E-state index is 13.2. The van der Waals surface area contributed by atoms with Gasteiger partial charge in [0.25, 0.3) is 11.6 Å². The number of nitro groups is 1. The van der Waals surface area contributed by atoms with Gasteiger partial charge < -0.3 is 19.3 Å². The van der Waals surface area contributed by atoms with Gasteiger partial charge in [-0.3, -0.25) is 14.9 Å². The van der Waals surface area contributed by atoms with Crippen molar-refractivity contribution in [3.05, 3.63) is 33.9 Å². The normalized spacial score (nSPS) is 20.2. The predicted molar refractivity (Wildman–Crippen MR) is 96.7 cm³/mol. The minimum absolute atomic E-state index is 0.0458. The maximum Gasteiger partial charge on any atom is 0.270 e. The highest BCUT2D eigenvalue weighted by molar-refractivity contribution is 6.00. The first-order valence-corrected chi connectivity index (χ1v) is 9.12. The fourth-order valence-corrected chi connectivity index (χ4v) is 3.45. The third-order valence-electron chi connectivity index (χ3n) is 4.89. The summed E-state index contributed by atoms with van der Waals surface area (Å²) in [5, 5.41) is 11.2. The molecule has 2 heterocycles. The van der Waals surface area contributed by atoms with Crippen LogP contribution in [0, 0.1) is 10.1 Å². The molecule has 142 valence electrons. The quantitative estimate of drug-likeness (QED) is 0.568. The van der Waals surface area contributed by atoms with Crippen LogP contribution in [-0.2, 0) is 9.47 Å². The molecular formula is C18H25N3O5. The van der Waals surface area contributed by atoms with Crippen molar-refractivity contribution in [2.24, 2.45) is 0 Å². The van der Waals surface area contributed by atoms with Crippen LogP contribution in [0.25, 0.3) is 0 Å². The van der Waals surface area contributed by atoms with Gasteiger partial charge in [-0.25, -0.2) is 0 Å². The molecule has 1 unspecified atom stereocenters. The van der Waals surface area contributed by atoms with E-state index in [4.69, 9.17) is 9.47 Å². The molecule has 0 saturated carbocycles. The number of hydrogen-bond donors (Lipinski definition) is 0. The number of non-ortho nitro benzene ring substituents is 1. The van der Waals surface area contributed by atoms with Crippen molar-refractivity contribution < 1.29 is 19.2 Å². The summed E-state index contributed by atoms with van der Waals surface area (Å²) in [6.07, 6.45) is 1.99. The fourth-order valence-electron chi connectivity index (χ4n) is 3.45. The van der Waals surface area contributed by atoms with Gasteiger partial charge in [0.2, 0.25) is 0 Å². The SMILES string of the molecule is CCN(CC1CCCO1)C(=O)c1cc([N+](=O)[O-])ccc1N1CCOCC1. The van der Waals surface area contributed by atoms with Gasteiger partial charge in [0, 0.05) is 44.9 Å². The van der Waals surface area contributed by atoms with Crippen molar-refractivity contribution in [2.75, 3.05) is 50.9 Å². The monoisotopic (exact) mass is 363 g/mol. The van der Waals surface area contributed by atoms with E-state index in [0.29, 0.717) is 45.0 Å². The molecule has 0 bridgehead atoms. The second-order valence-corrected chi connectivity index (χ2v) is 6.54. The Morgan fingerprint density at radius 1 is 1.35 bits per heavy atom. The van der Waals surface area contributed by atoms with Crippen LogP contribution < -0.4 is 4.90 Å². The second-order valence-electron chi connectivity index (χ2n) is 6.54. The minimum Gasteiger partial charge on any atom is -0.378 e. The summed E-state index contributed by atoms with van der Waals surface area (Å²) in [5.74, 6) is -0.187. The molecule has 0 spiro atoms. The molecule has 26 heavy (non-hydrogen) atoms. The third kappa shape index (κ3) is 4.13. The summed E-state index contributed by atoms with van der Waals surface area (Å²) in [7, 11) is 0. The summed E-state index contributed by atoms with van der Waals surface area (Å²) in [6, 6.07) is 4.53. The van der Waals surface area contributed by atoms with Crippen LogP contribution >= 0.6 is 0 Å². The van der Waals surface area contributed by atoms with Crippen LogP contribution in [0.1, 0.15) is 30.1 Å². The molecule has 0 aliphatic carbocycles. The number of anilines is 1. The molecule has 3 rings (SSSR count). The second kappa shape index (κ2) is 8.46. The molecular weight excluding hydrogens is 338 g/mol. The van der Waals surface area contributed by atoms with Crippen LogP contribution in [0.15, 0.2) is 18.2 Å². The lowest BCUT2D eigenvalue weighted by molar-refractivity contribution is -0.384. The molecule has 0 N–H and O–H groups in total. The number of carbonyl (C=O) groups is 1. The molecule has 1 aromatic carbocycles. The smallest absolute Gasteiger partial charge is 0.270 e. The van der Waals surface area contributed by atoms with Gasteiger partial charge in [-0.15, -0.1) is 0 Å². The zero-order valence-electron chi connectivity index (χ0n) is 15.1. The van der Waals surface area contributed by atoms with E-state index in [1.807, 2.05) is 6.92 Å². The average molecular weight is 363 g/mol. The van der Waals surface area contributed by atoms with Crippen molar-refractivity contribution in [3.63, 3.8) is 0 Å². The zero-order chi connectivity index (χ0) is 18.5. The van der Waals surface area contributed by atoms with E-state index < -0.39 is 4.92 Å². The number of nitrogens with zero attached hydrogens (tertiary/aromatic N) is 3. The molecule has 2 aliphatic rings. The Labute approximate surface area is 152 Å². The van der Waals surface area contributed by atoms with Gasteiger partial charge >= 0.3 is 0 Å². The van der Waals surface area contributed by atoms with Crippen molar-refractivity contribution in [2.45, 2.75) is 25.9 Å². The lowest BCUT2D eigenvalue weighted by Crippen LogP contribution is -2.40. The third-order valence-corrected chi connectivity index (χ3v) is 4.89. The molecule has 8 heteroatoms. The summed E-state index contributed by atoms with van der Waals surface area (Å²) in [5.41, 5.74) is 1.04. The van der Waals surface area contributed by atoms with E-state index in [2.05, 4.69) is 4.90 Å². The standard InChI is InChI=1S/C18H25N3O5/c1-2-19(13-15-4-3-9-26-15)18(22)16-12-14(21(23)24)5-6-17(16)20-7-10-25-11-8-20/h5-6,12,15H,2-4,7-11,13H2,1H3. The number of morpholine rings is 1. The van der Waals surface area contributed by atoms with Crippen molar-refractivity contribution >= 4 is 17.3 Å². The van der Waals surface area contributed by atoms with Gasteiger partial charge in [-0.2, -0.15) is 0 Å². The topological polar surface area (TPSA) is 85.1 Å². The number of likely N-dealkylation sites (N-methyl/N-ethyl adjacent to an activating group) is 1. The van der Waals surface area contributed by atoms with E-state index in [9.17, 15) is 14.9 Å². The molecule has 0 aromatic heterocycles. The summed E-state index contributed by atoms with van der Waals surface area (Å²) >= 11 is 0. The van der Waals surface area contributed by atoms with Crippen molar-refractivity contribution in [1.29, 1.82) is 0 Å². The molecule has 2 aliphatic heterocycles. The number of hydrogen-bond acceptors (Lipinski definition) is 6. The van der Waals surface area contributed by atoms with Crippen molar-refractivity contribution in [1.82, 2.24) is 4.90 Å². The summed E-state index contributed by atoms with van der Waals surface area (Å²) in [4.78, 5) is 27.7. The lowest BCUT2D eigenvalue weighted by Gasteiger charge is -2.31. The van der Waals surface area contributed by atoms with Gasteiger partial charge in [-0.05, 0) is 25.8 Å². The largest absolute Gasteiger partial charge is 0.378 e. The Balaban J connectivity index is 1.89. The highest BCUT2D eigenvalue weighted by Gasteiger charge is 2.27. The number of ether oxygens (including phenoxy) is 2. The number of amides is 1. The molecule has 1 amide bonds.